The van der Waals surface area contributed by atoms with Gasteiger partial charge in [-0.15, -0.1) is 0 Å². The Hall–Kier alpha value is -0.910. The third-order valence-electron chi connectivity index (χ3n) is 2.33. The third kappa shape index (κ3) is 7.90. The first-order chi connectivity index (χ1) is 7.65. The molecule has 0 spiro atoms. The lowest BCUT2D eigenvalue weighted by Crippen LogP contribution is -1.96. The molecule has 5 heteroatoms. The Balaban J connectivity index is 0.000000437. The molecule has 1 aromatic carbocycles. The molecule has 98 valence electrons. The third-order valence-corrected chi connectivity index (χ3v) is 2.33. The lowest BCUT2D eigenvalue weighted by Gasteiger charge is -2.07. The van der Waals surface area contributed by atoms with Crippen LogP contribution in [-0.4, -0.2) is 30.9 Å². The van der Waals surface area contributed by atoms with Crippen LogP contribution in [0.2, 0.25) is 0 Å². The van der Waals surface area contributed by atoms with Gasteiger partial charge in [-0.2, -0.15) is 8.42 Å². The topological polar surface area (TPSA) is 74.6 Å². The summed E-state index contributed by atoms with van der Waals surface area (Å²) in [6.07, 6.45) is 1.49. The van der Waals surface area contributed by atoms with Gasteiger partial charge >= 0.3 is 0 Å². The Morgan fingerprint density at radius 1 is 1.06 bits per heavy atom. The van der Waals surface area contributed by atoms with E-state index in [0.29, 0.717) is 6.26 Å². The van der Waals surface area contributed by atoms with Gasteiger partial charge in [0, 0.05) is 6.61 Å². The number of hydrogen-bond acceptors (Lipinski definition) is 3. The van der Waals surface area contributed by atoms with Crippen molar-refractivity contribution in [3.63, 3.8) is 0 Å². The van der Waals surface area contributed by atoms with Crippen molar-refractivity contribution >= 4 is 10.1 Å². The maximum Gasteiger partial charge on any atom is 0.261 e. The second-order valence-corrected chi connectivity index (χ2v) is 5.54. The molecule has 0 aliphatic carbocycles. The summed E-state index contributed by atoms with van der Waals surface area (Å²) in [5.74, 6) is 0. The Morgan fingerprint density at radius 2 is 1.47 bits per heavy atom. The lowest BCUT2D eigenvalue weighted by atomic mass is 9.99. The quantitative estimate of drug-likeness (QED) is 0.793. The Labute approximate surface area is 103 Å². The average Bonchev–Trinajstić information content (AvgIpc) is 2.12. The maximum atomic E-state index is 9.19. The number of hydrogen-bond donors (Lipinski definition) is 2. The molecule has 0 heterocycles. The lowest BCUT2D eigenvalue weighted by molar-refractivity contribution is 0.299. The predicted molar refractivity (Wildman–Crippen MR) is 68.9 cm³/mol. The molecule has 0 aromatic heterocycles. The van der Waals surface area contributed by atoms with Gasteiger partial charge in [-0.1, -0.05) is 12.1 Å². The SMILES string of the molecule is CS(=O)(=O)O.Cc1cc(C)c(CCO)cc1C. The molecule has 0 fully saturated rings. The van der Waals surface area contributed by atoms with Crippen LogP contribution in [-0.2, 0) is 16.5 Å². The standard InChI is InChI=1S/C11H16O.CH4O3S/c1-8-6-10(3)11(4-5-12)7-9(8)2;1-5(2,3)4/h6-7,12H,4-5H2,1-3H3;1H3,(H,2,3,4). The molecule has 0 aliphatic heterocycles. The van der Waals surface area contributed by atoms with E-state index in [4.69, 9.17) is 9.66 Å². The number of aryl methyl sites for hydroxylation is 3. The average molecular weight is 260 g/mol. The number of benzene rings is 1. The first kappa shape index (κ1) is 16.1. The summed E-state index contributed by atoms with van der Waals surface area (Å²) in [5.41, 5.74) is 5.19. The van der Waals surface area contributed by atoms with E-state index in [1.54, 1.807) is 0 Å². The van der Waals surface area contributed by atoms with E-state index in [9.17, 15) is 8.42 Å². The van der Waals surface area contributed by atoms with Crippen LogP contribution >= 0.6 is 0 Å². The highest BCUT2D eigenvalue weighted by atomic mass is 32.2. The van der Waals surface area contributed by atoms with Crippen LogP contribution in [0.15, 0.2) is 12.1 Å². The first-order valence-electron chi connectivity index (χ1n) is 5.25. The minimum atomic E-state index is -3.67. The molecule has 0 saturated heterocycles. The molecule has 0 amide bonds. The highest BCUT2D eigenvalue weighted by Crippen LogP contribution is 2.15. The summed E-state index contributed by atoms with van der Waals surface area (Å²) in [5, 5.41) is 8.80. The van der Waals surface area contributed by atoms with Crippen LogP contribution in [0.4, 0.5) is 0 Å². The molecule has 0 bridgehead atoms. The summed E-state index contributed by atoms with van der Waals surface area (Å²) in [7, 11) is -3.67. The number of aliphatic hydroxyl groups is 1. The first-order valence-corrected chi connectivity index (χ1v) is 7.10. The molecule has 4 nitrogen and oxygen atoms in total. The van der Waals surface area contributed by atoms with Gasteiger partial charge in [0.25, 0.3) is 10.1 Å². The van der Waals surface area contributed by atoms with Gasteiger partial charge in [-0.05, 0) is 49.4 Å². The Morgan fingerprint density at radius 3 is 1.88 bits per heavy atom. The van der Waals surface area contributed by atoms with Crippen LogP contribution in [0.3, 0.4) is 0 Å². The van der Waals surface area contributed by atoms with Crippen molar-refractivity contribution in [2.75, 3.05) is 12.9 Å². The van der Waals surface area contributed by atoms with E-state index in [1.165, 1.54) is 22.3 Å². The fraction of sp³-hybridized carbons (Fsp3) is 0.500. The van der Waals surface area contributed by atoms with E-state index >= 15 is 0 Å². The van der Waals surface area contributed by atoms with Gasteiger partial charge in [-0.3, -0.25) is 4.55 Å². The van der Waals surface area contributed by atoms with E-state index in [-0.39, 0.29) is 6.61 Å². The van der Waals surface area contributed by atoms with Crippen LogP contribution in [0.5, 0.6) is 0 Å². The molecular formula is C12H20O4S. The van der Waals surface area contributed by atoms with Gasteiger partial charge < -0.3 is 5.11 Å². The molecule has 0 aliphatic rings. The summed E-state index contributed by atoms with van der Waals surface area (Å²) < 4.78 is 25.9. The van der Waals surface area contributed by atoms with Crippen molar-refractivity contribution in [3.8, 4) is 0 Å². The fourth-order valence-electron chi connectivity index (χ4n) is 1.41. The Kier molecular flexibility index (Phi) is 6.37. The monoisotopic (exact) mass is 260 g/mol. The Bertz CT molecular complexity index is 456. The van der Waals surface area contributed by atoms with Gasteiger partial charge in [0.1, 0.15) is 0 Å². The summed E-state index contributed by atoms with van der Waals surface area (Å²) in [6.45, 7) is 6.56. The van der Waals surface area contributed by atoms with E-state index in [0.717, 1.165) is 6.42 Å². The molecule has 2 N–H and O–H groups in total. The summed E-state index contributed by atoms with van der Waals surface area (Å²) >= 11 is 0. The molecule has 0 saturated carbocycles. The molecule has 0 atom stereocenters. The zero-order chi connectivity index (χ0) is 13.6. The minimum absolute atomic E-state index is 0.239. The molecule has 1 rings (SSSR count). The maximum absolute atomic E-state index is 9.19. The van der Waals surface area contributed by atoms with Gasteiger partial charge in [0.15, 0.2) is 0 Å². The summed E-state index contributed by atoms with van der Waals surface area (Å²) in [4.78, 5) is 0. The number of aliphatic hydroxyl groups excluding tert-OH is 1. The minimum Gasteiger partial charge on any atom is -0.396 e. The molecular weight excluding hydrogens is 240 g/mol. The highest BCUT2D eigenvalue weighted by molar-refractivity contribution is 7.85. The zero-order valence-electron chi connectivity index (χ0n) is 10.7. The van der Waals surface area contributed by atoms with Gasteiger partial charge in [0.2, 0.25) is 0 Å². The zero-order valence-corrected chi connectivity index (χ0v) is 11.5. The van der Waals surface area contributed by atoms with Crippen molar-refractivity contribution in [3.05, 3.63) is 34.4 Å². The highest BCUT2D eigenvalue weighted by Gasteiger charge is 2.00. The molecule has 0 unspecified atom stereocenters. The van der Waals surface area contributed by atoms with Crippen LogP contribution in [0, 0.1) is 20.8 Å². The summed E-state index contributed by atoms with van der Waals surface area (Å²) in [6, 6.07) is 4.35. The molecule has 0 radical (unpaired) electrons. The predicted octanol–water partition coefficient (Wildman–Crippen LogP) is 1.65. The van der Waals surface area contributed by atoms with Crippen molar-refractivity contribution in [1.82, 2.24) is 0 Å². The van der Waals surface area contributed by atoms with Crippen LogP contribution in [0.25, 0.3) is 0 Å². The van der Waals surface area contributed by atoms with Gasteiger partial charge in [-0.25, -0.2) is 0 Å². The van der Waals surface area contributed by atoms with Crippen LogP contribution < -0.4 is 0 Å². The van der Waals surface area contributed by atoms with Crippen molar-refractivity contribution in [2.24, 2.45) is 0 Å². The normalized spacial score (nSPS) is 10.7. The van der Waals surface area contributed by atoms with Crippen molar-refractivity contribution in [2.45, 2.75) is 27.2 Å². The smallest absolute Gasteiger partial charge is 0.261 e. The van der Waals surface area contributed by atoms with Gasteiger partial charge in [0.05, 0.1) is 6.26 Å². The van der Waals surface area contributed by atoms with Crippen molar-refractivity contribution in [1.29, 1.82) is 0 Å². The largest absolute Gasteiger partial charge is 0.396 e. The molecule has 17 heavy (non-hydrogen) atoms. The fourth-order valence-corrected chi connectivity index (χ4v) is 1.41. The second-order valence-electron chi connectivity index (χ2n) is 4.07. The number of rotatable bonds is 2. The van der Waals surface area contributed by atoms with E-state index in [2.05, 4.69) is 32.9 Å². The molecule has 1 aromatic rings. The van der Waals surface area contributed by atoms with Crippen LogP contribution in [0.1, 0.15) is 22.3 Å². The second kappa shape index (κ2) is 6.74. The van der Waals surface area contributed by atoms with Crippen molar-refractivity contribution < 1.29 is 18.1 Å². The van der Waals surface area contributed by atoms with E-state index < -0.39 is 10.1 Å². The van der Waals surface area contributed by atoms with E-state index in [1.807, 2.05) is 0 Å².